The molecule has 4 heteroatoms. The lowest BCUT2D eigenvalue weighted by atomic mass is 10.6. The molecule has 1 heterocycles. The number of aryl methyl sites for hydroxylation is 1. The molecule has 1 rings (SSSR count). The maximum atomic E-state index is 4.24. The molecular weight excluding hydrogens is 176 g/mol. The first-order valence-corrected chi connectivity index (χ1v) is 5.74. The SMILES string of the molecule is CCSSc1ccnc(C)n1. The van der Waals surface area contributed by atoms with Gasteiger partial charge in [-0.2, -0.15) is 0 Å². The summed E-state index contributed by atoms with van der Waals surface area (Å²) in [5.41, 5.74) is 0. The van der Waals surface area contributed by atoms with Gasteiger partial charge in [0.25, 0.3) is 0 Å². The molecule has 0 aliphatic heterocycles. The summed E-state index contributed by atoms with van der Waals surface area (Å²) in [7, 11) is 3.50. The first-order chi connectivity index (χ1) is 5.33. The lowest BCUT2D eigenvalue weighted by Gasteiger charge is -1.97. The van der Waals surface area contributed by atoms with Crippen molar-refractivity contribution in [2.45, 2.75) is 18.9 Å². The molecule has 0 saturated carbocycles. The summed E-state index contributed by atoms with van der Waals surface area (Å²) < 4.78 is 0. The molecule has 2 nitrogen and oxygen atoms in total. The second-order valence-electron chi connectivity index (χ2n) is 1.93. The van der Waals surface area contributed by atoms with Crippen LogP contribution in [0.2, 0.25) is 0 Å². The summed E-state index contributed by atoms with van der Waals surface area (Å²) in [5, 5.41) is 1.05. The van der Waals surface area contributed by atoms with Gasteiger partial charge in [0.05, 0.1) is 0 Å². The predicted molar refractivity (Wildman–Crippen MR) is 50.8 cm³/mol. The van der Waals surface area contributed by atoms with E-state index < -0.39 is 0 Å². The van der Waals surface area contributed by atoms with Crippen molar-refractivity contribution in [1.29, 1.82) is 0 Å². The molecule has 0 aliphatic carbocycles. The number of nitrogens with zero attached hydrogens (tertiary/aromatic N) is 2. The third-order valence-corrected chi connectivity index (χ3v) is 3.34. The monoisotopic (exact) mass is 186 g/mol. The van der Waals surface area contributed by atoms with Crippen LogP contribution in [0, 0.1) is 6.92 Å². The molecule has 0 atom stereocenters. The summed E-state index contributed by atoms with van der Waals surface area (Å²) in [4.78, 5) is 8.26. The van der Waals surface area contributed by atoms with Crippen molar-refractivity contribution in [3.63, 3.8) is 0 Å². The Morgan fingerprint density at radius 1 is 1.55 bits per heavy atom. The van der Waals surface area contributed by atoms with Crippen LogP contribution in [0.15, 0.2) is 17.3 Å². The van der Waals surface area contributed by atoms with Gasteiger partial charge >= 0.3 is 0 Å². The average molecular weight is 186 g/mol. The Morgan fingerprint density at radius 2 is 2.36 bits per heavy atom. The lowest BCUT2D eigenvalue weighted by molar-refractivity contribution is 0.971. The second kappa shape index (κ2) is 4.62. The fourth-order valence-electron chi connectivity index (χ4n) is 0.600. The Balaban J connectivity index is 2.56. The summed E-state index contributed by atoms with van der Waals surface area (Å²) in [6.45, 7) is 4.03. The van der Waals surface area contributed by atoms with Crippen LogP contribution in [-0.4, -0.2) is 15.7 Å². The van der Waals surface area contributed by atoms with Crippen molar-refractivity contribution >= 4 is 21.6 Å². The van der Waals surface area contributed by atoms with Crippen LogP contribution in [0.1, 0.15) is 12.7 Å². The molecule has 1 aromatic rings. The number of hydrogen-bond donors (Lipinski definition) is 0. The van der Waals surface area contributed by atoms with Crippen LogP contribution in [0.4, 0.5) is 0 Å². The summed E-state index contributed by atoms with van der Waals surface area (Å²) in [5.74, 6) is 1.94. The van der Waals surface area contributed by atoms with Gasteiger partial charge in [-0.05, 0) is 23.8 Å². The molecule has 0 spiro atoms. The minimum absolute atomic E-state index is 0.840. The second-order valence-corrected chi connectivity index (χ2v) is 4.54. The Morgan fingerprint density at radius 3 is 3.00 bits per heavy atom. The topological polar surface area (TPSA) is 25.8 Å². The third kappa shape index (κ3) is 3.12. The smallest absolute Gasteiger partial charge is 0.126 e. The van der Waals surface area contributed by atoms with Gasteiger partial charge in [-0.3, -0.25) is 0 Å². The van der Waals surface area contributed by atoms with Crippen LogP contribution < -0.4 is 0 Å². The number of hydrogen-bond acceptors (Lipinski definition) is 4. The van der Waals surface area contributed by atoms with Crippen molar-refractivity contribution in [2.24, 2.45) is 0 Å². The van der Waals surface area contributed by atoms with Crippen molar-refractivity contribution in [1.82, 2.24) is 9.97 Å². The summed E-state index contributed by atoms with van der Waals surface area (Å²) >= 11 is 0. The Labute approximate surface area is 74.6 Å². The maximum Gasteiger partial charge on any atom is 0.126 e. The molecule has 0 unspecified atom stereocenters. The van der Waals surface area contributed by atoms with Crippen LogP contribution in [0.25, 0.3) is 0 Å². The highest BCUT2D eigenvalue weighted by Crippen LogP contribution is 2.28. The zero-order valence-corrected chi connectivity index (χ0v) is 8.21. The molecule has 0 radical (unpaired) electrons. The standard InChI is InChI=1S/C7H10N2S2/c1-3-10-11-7-4-5-8-6(2)9-7/h4-5H,3H2,1-2H3. The van der Waals surface area contributed by atoms with Gasteiger partial charge in [0.1, 0.15) is 10.9 Å². The highest BCUT2D eigenvalue weighted by atomic mass is 33.1. The van der Waals surface area contributed by atoms with Gasteiger partial charge < -0.3 is 0 Å². The first kappa shape index (κ1) is 8.87. The minimum Gasteiger partial charge on any atom is -0.242 e. The molecule has 0 amide bonds. The molecule has 0 bridgehead atoms. The normalized spacial score (nSPS) is 10.0. The van der Waals surface area contributed by atoms with Gasteiger partial charge in [-0.15, -0.1) is 0 Å². The quantitative estimate of drug-likeness (QED) is 0.535. The van der Waals surface area contributed by atoms with Crippen LogP contribution >= 0.6 is 21.6 Å². The van der Waals surface area contributed by atoms with Crippen molar-refractivity contribution in [2.75, 3.05) is 5.75 Å². The number of rotatable bonds is 3. The van der Waals surface area contributed by atoms with Gasteiger partial charge in [0, 0.05) is 11.9 Å². The zero-order valence-electron chi connectivity index (χ0n) is 6.57. The van der Waals surface area contributed by atoms with Crippen LogP contribution in [0.3, 0.4) is 0 Å². The lowest BCUT2D eigenvalue weighted by Crippen LogP contribution is -1.86. The van der Waals surface area contributed by atoms with Gasteiger partial charge in [-0.25, -0.2) is 9.97 Å². The van der Waals surface area contributed by atoms with E-state index in [1.807, 2.05) is 13.0 Å². The van der Waals surface area contributed by atoms with Crippen LogP contribution in [-0.2, 0) is 0 Å². The summed E-state index contributed by atoms with van der Waals surface area (Å²) in [6, 6.07) is 1.93. The molecule has 60 valence electrons. The fourth-order valence-corrected chi connectivity index (χ4v) is 2.12. The molecule has 11 heavy (non-hydrogen) atoms. The van der Waals surface area contributed by atoms with Crippen LogP contribution in [0.5, 0.6) is 0 Å². The van der Waals surface area contributed by atoms with Gasteiger partial charge in [-0.1, -0.05) is 17.7 Å². The average Bonchev–Trinajstić information content (AvgIpc) is 2.01. The highest BCUT2D eigenvalue weighted by molar-refractivity contribution is 8.76. The molecule has 0 N–H and O–H groups in total. The van der Waals surface area contributed by atoms with E-state index in [2.05, 4.69) is 16.9 Å². The first-order valence-electron chi connectivity index (χ1n) is 3.42. The van der Waals surface area contributed by atoms with E-state index in [1.165, 1.54) is 0 Å². The van der Waals surface area contributed by atoms with Crippen molar-refractivity contribution in [3.05, 3.63) is 18.1 Å². The molecular formula is C7H10N2S2. The Hall–Kier alpha value is -0.220. The third-order valence-electron chi connectivity index (χ3n) is 1.01. The largest absolute Gasteiger partial charge is 0.242 e. The van der Waals surface area contributed by atoms with E-state index in [1.54, 1.807) is 27.8 Å². The maximum absolute atomic E-state index is 4.24. The summed E-state index contributed by atoms with van der Waals surface area (Å²) in [6.07, 6.45) is 1.79. The molecule has 0 saturated heterocycles. The Bertz CT molecular complexity index is 227. The van der Waals surface area contributed by atoms with E-state index >= 15 is 0 Å². The molecule has 0 fully saturated rings. The Kier molecular flexibility index (Phi) is 3.72. The molecule has 0 aliphatic rings. The van der Waals surface area contributed by atoms with Crippen molar-refractivity contribution in [3.8, 4) is 0 Å². The number of aromatic nitrogens is 2. The van der Waals surface area contributed by atoms with Gasteiger partial charge in [0.15, 0.2) is 0 Å². The highest BCUT2D eigenvalue weighted by Gasteiger charge is 1.94. The van der Waals surface area contributed by atoms with E-state index in [9.17, 15) is 0 Å². The predicted octanol–water partition coefficient (Wildman–Crippen LogP) is 2.55. The fraction of sp³-hybridized carbons (Fsp3) is 0.429. The van der Waals surface area contributed by atoms with E-state index in [4.69, 9.17) is 0 Å². The van der Waals surface area contributed by atoms with Gasteiger partial charge in [0.2, 0.25) is 0 Å². The molecule has 1 aromatic heterocycles. The zero-order chi connectivity index (χ0) is 8.10. The van der Waals surface area contributed by atoms with E-state index in [0.717, 1.165) is 16.6 Å². The molecule has 0 aromatic carbocycles. The minimum atomic E-state index is 0.840. The van der Waals surface area contributed by atoms with E-state index in [0.29, 0.717) is 0 Å². The van der Waals surface area contributed by atoms with Crippen molar-refractivity contribution < 1.29 is 0 Å². The van der Waals surface area contributed by atoms with E-state index in [-0.39, 0.29) is 0 Å².